The second kappa shape index (κ2) is 3.17. The van der Waals surface area contributed by atoms with Gasteiger partial charge in [-0.2, -0.15) is 0 Å². The van der Waals surface area contributed by atoms with Gasteiger partial charge in [-0.3, -0.25) is 0 Å². The minimum atomic E-state index is 0.188. The highest BCUT2D eigenvalue weighted by Gasteiger charge is 2.18. The monoisotopic (exact) mass is 214 g/mol. The van der Waals surface area contributed by atoms with E-state index in [4.69, 9.17) is 4.74 Å². The zero-order valence-electron chi connectivity index (χ0n) is 8.47. The summed E-state index contributed by atoms with van der Waals surface area (Å²) in [5, 5.41) is 21.5. The number of phenolic OH excluding ortho intramolecular Hbond substituents is 2. The molecule has 1 aliphatic heterocycles. The standard InChI is InChI=1S/C13H10O3/c14-12-8-3-1-2-4-9(8)13(15)11-7-16-6-5-10(11)12/h1-6,14-15H,7H2. The van der Waals surface area contributed by atoms with Crippen LogP contribution in [-0.2, 0) is 11.3 Å². The Morgan fingerprint density at radius 3 is 2.44 bits per heavy atom. The van der Waals surface area contributed by atoms with Crippen molar-refractivity contribution in [3.8, 4) is 11.5 Å². The minimum Gasteiger partial charge on any atom is -0.507 e. The highest BCUT2D eigenvalue weighted by Crippen LogP contribution is 2.41. The van der Waals surface area contributed by atoms with E-state index < -0.39 is 0 Å². The third kappa shape index (κ3) is 1.08. The molecule has 0 saturated carbocycles. The summed E-state index contributed by atoms with van der Waals surface area (Å²) in [6.07, 6.45) is 3.19. The van der Waals surface area contributed by atoms with Gasteiger partial charge in [0.15, 0.2) is 0 Å². The molecule has 2 N–H and O–H groups in total. The van der Waals surface area contributed by atoms with Crippen LogP contribution in [-0.4, -0.2) is 10.2 Å². The lowest BCUT2D eigenvalue weighted by atomic mass is 9.97. The van der Waals surface area contributed by atoms with E-state index in [0.29, 0.717) is 21.9 Å². The Labute approximate surface area is 92.2 Å². The Kier molecular flexibility index (Phi) is 1.80. The lowest BCUT2D eigenvalue weighted by molar-refractivity contribution is 0.229. The Morgan fingerprint density at radius 1 is 1.00 bits per heavy atom. The third-order valence-electron chi connectivity index (χ3n) is 2.86. The van der Waals surface area contributed by atoms with Crippen molar-refractivity contribution in [3.63, 3.8) is 0 Å². The highest BCUT2D eigenvalue weighted by molar-refractivity contribution is 5.97. The second-order valence-electron chi connectivity index (χ2n) is 3.75. The fourth-order valence-electron chi connectivity index (χ4n) is 2.05. The quantitative estimate of drug-likeness (QED) is 0.663. The molecule has 0 unspecified atom stereocenters. The predicted molar refractivity (Wildman–Crippen MR) is 61.1 cm³/mol. The molecule has 80 valence electrons. The first-order valence-electron chi connectivity index (χ1n) is 5.02. The SMILES string of the molecule is Oc1c2c(c(O)c3ccccc13)COC=C2. The first-order valence-corrected chi connectivity index (χ1v) is 5.02. The van der Waals surface area contributed by atoms with Crippen molar-refractivity contribution < 1.29 is 14.9 Å². The highest BCUT2D eigenvalue weighted by atomic mass is 16.5. The molecule has 1 heterocycles. The van der Waals surface area contributed by atoms with Gasteiger partial charge < -0.3 is 14.9 Å². The average molecular weight is 214 g/mol. The van der Waals surface area contributed by atoms with E-state index >= 15 is 0 Å². The van der Waals surface area contributed by atoms with Crippen molar-refractivity contribution in [1.29, 1.82) is 0 Å². The van der Waals surface area contributed by atoms with Crippen molar-refractivity contribution in [3.05, 3.63) is 41.7 Å². The van der Waals surface area contributed by atoms with Gasteiger partial charge in [0.1, 0.15) is 18.1 Å². The van der Waals surface area contributed by atoms with Crippen LogP contribution in [0.5, 0.6) is 11.5 Å². The number of hydrogen-bond acceptors (Lipinski definition) is 3. The van der Waals surface area contributed by atoms with E-state index in [0.717, 1.165) is 0 Å². The number of rotatable bonds is 0. The second-order valence-corrected chi connectivity index (χ2v) is 3.75. The first-order chi connectivity index (χ1) is 7.79. The molecular formula is C13H10O3. The predicted octanol–water partition coefficient (Wildman–Crippen LogP) is 2.75. The van der Waals surface area contributed by atoms with Crippen LogP contribution in [0.4, 0.5) is 0 Å². The summed E-state index contributed by atoms with van der Waals surface area (Å²) >= 11 is 0. The number of benzene rings is 2. The largest absolute Gasteiger partial charge is 0.507 e. The fraction of sp³-hybridized carbons (Fsp3) is 0.0769. The van der Waals surface area contributed by atoms with E-state index in [1.54, 1.807) is 18.2 Å². The van der Waals surface area contributed by atoms with Crippen molar-refractivity contribution in [2.24, 2.45) is 0 Å². The van der Waals surface area contributed by atoms with Gasteiger partial charge in [-0.1, -0.05) is 24.3 Å². The molecule has 2 aromatic rings. The molecular weight excluding hydrogens is 204 g/mol. The number of ether oxygens (including phenoxy) is 1. The molecule has 1 aliphatic rings. The van der Waals surface area contributed by atoms with E-state index in [2.05, 4.69) is 0 Å². The Morgan fingerprint density at radius 2 is 1.69 bits per heavy atom. The Hall–Kier alpha value is -2.16. The van der Waals surface area contributed by atoms with Gasteiger partial charge in [-0.25, -0.2) is 0 Å². The van der Waals surface area contributed by atoms with Crippen LogP contribution >= 0.6 is 0 Å². The Bertz CT molecular complexity index is 600. The maximum Gasteiger partial charge on any atom is 0.131 e. The van der Waals surface area contributed by atoms with Crippen LogP contribution in [0.3, 0.4) is 0 Å². The van der Waals surface area contributed by atoms with Crippen molar-refractivity contribution >= 4 is 16.8 Å². The zero-order chi connectivity index (χ0) is 11.1. The van der Waals surface area contributed by atoms with E-state index in [-0.39, 0.29) is 18.1 Å². The molecule has 0 spiro atoms. The average Bonchev–Trinajstić information content (AvgIpc) is 2.36. The molecule has 3 heteroatoms. The van der Waals surface area contributed by atoms with Gasteiger partial charge in [0.05, 0.1) is 6.26 Å². The third-order valence-corrected chi connectivity index (χ3v) is 2.86. The van der Waals surface area contributed by atoms with Crippen LogP contribution < -0.4 is 0 Å². The summed E-state index contributed by atoms with van der Waals surface area (Å²) in [5.41, 5.74) is 1.28. The van der Waals surface area contributed by atoms with E-state index in [9.17, 15) is 10.2 Å². The first kappa shape index (κ1) is 9.09. The number of hydrogen-bond donors (Lipinski definition) is 2. The maximum atomic E-state index is 10.1. The van der Waals surface area contributed by atoms with Gasteiger partial charge in [-0.15, -0.1) is 0 Å². The van der Waals surface area contributed by atoms with Crippen LogP contribution in [0.15, 0.2) is 30.5 Å². The van der Waals surface area contributed by atoms with Gasteiger partial charge >= 0.3 is 0 Å². The molecule has 3 nitrogen and oxygen atoms in total. The molecule has 0 fully saturated rings. The summed E-state index contributed by atoms with van der Waals surface area (Å²) in [7, 11) is 0. The smallest absolute Gasteiger partial charge is 0.131 e. The molecule has 0 bridgehead atoms. The van der Waals surface area contributed by atoms with Gasteiger partial charge in [0.2, 0.25) is 0 Å². The zero-order valence-corrected chi connectivity index (χ0v) is 8.47. The maximum absolute atomic E-state index is 10.1. The number of aromatic hydroxyl groups is 2. The number of phenols is 2. The van der Waals surface area contributed by atoms with Crippen LogP contribution in [0.1, 0.15) is 11.1 Å². The fourth-order valence-corrected chi connectivity index (χ4v) is 2.05. The summed E-state index contributed by atoms with van der Waals surface area (Å²) in [6.45, 7) is 0.288. The Balaban J connectivity index is 2.50. The van der Waals surface area contributed by atoms with Crippen molar-refractivity contribution in [1.82, 2.24) is 0 Å². The van der Waals surface area contributed by atoms with Gasteiger partial charge in [0, 0.05) is 21.9 Å². The van der Waals surface area contributed by atoms with Gasteiger partial charge in [-0.05, 0) is 6.08 Å². The van der Waals surface area contributed by atoms with Gasteiger partial charge in [0.25, 0.3) is 0 Å². The lowest BCUT2D eigenvalue weighted by Gasteiger charge is -2.17. The van der Waals surface area contributed by atoms with Crippen LogP contribution in [0.25, 0.3) is 16.8 Å². The molecule has 3 rings (SSSR count). The molecule has 0 amide bonds. The molecule has 0 aliphatic carbocycles. The van der Waals surface area contributed by atoms with Crippen molar-refractivity contribution in [2.75, 3.05) is 0 Å². The molecule has 0 saturated heterocycles. The molecule has 0 radical (unpaired) electrons. The summed E-state index contributed by atoms with van der Waals surface area (Å²) in [4.78, 5) is 0. The molecule has 0 atom stereocenters. The number of fused-ring (bicyclic) bond motifs is 2. The van der Waals surface area contributed by atoms with E-state index in [1.165, 1.54) is 6.26 Å². The minimum absolute atomic E-state index is 0.188. The van der Waals surface area contributed by atoms with Crippen LogP contribution in [0, 0.1) is 0 Å². The molecule has 0 aromatic heterocycles. The summed E-state index contributed by atoms with van der Waals surface area (Å²) in [6, 6.07) is 7.22. The van der Waals surface area contributed by atoms with Crippen molar-refractivity contribution in [2.45, 2.75) is 6.61 Å². The molecule has 16 heavy (non-hydrogen) atoms. The topological polar surface area (TPSA) is 49.7 Å². The molecule has 2 aromatic carbocycles. The summed E-state index contributed by atoms with van der Waals surface area (Å²) < 4.78 is 5.13. The normalized spacial score (nSPS) is 13.5. The lowest BCUT2D eigenvalue weighted by Crippen LogP contribution is -1.98. The summed E-state index contributed by atoms with van der Waals surface area (Å²) in [5.74, 6) is 0.385. The van der Waals surface area contributed by atoms with E-state index in [1.807, 2.05) is 12.1 Å². The van der Waals surface area contributed by atoms with Crippen LogP contribution in [0.2, 0.25) is 0 Å².